The zero-order valence-corrected chi connectivity index (χ0v) is 19.6. The van der Waals surface area contributed by atoms with Crippen molar-refractivity contribution in [3.8, 4) is 16.5 Å². The van der Waals surface area contributed by atoms with E-state index in [1.807, 2.05) is 18.2 Å². The minimum absolute atomic E-state index is 0.249. The van der Waals surface area contributed by atoms with Crippen molar-refractivity contribution < 1.29 is 13.9 Å². The van der Waals surface area contributed by atoms with E-state index in [0.29, 0.717) is 25.2 Å². The van der Waals surface area contributed by atoms with E-state index in [2.05, 4.69) is 28.8 Å². The molecule has 33 heavy (non-hydrogen) atoms. The van der Waals surface area contributed by atoms with E-state index in [1.54, 1.807) is 29.7 Å². The Balaban J connectivity index is 1.30. The van der Waals surface area contributed by atoms with Crippen molar-refractivity contribution >= 4 is 49.1 Å². The van der Waals surface area contributed by atoms with Gasteiger partial charge in [0.2, 0.25) is 0 Å². The largest absolute Gasteiger partial charge is 0.419 e. The fourth-order valence-electron chi connectivity index (χ4n) is 3.89. The number of fused-ring (bicyclic) bond motifs is 2. The van der Waals surface area contributed by atoms with Crippen LogP contribution >= 0.6 is 22.7 Å². The summed E-state index contributed by atoms with van der Waals surface area (Å²) < 4.78 is 14.6. The van der Waals surface area contributed by atoms with Crippen LogP contribution in [0, 0.1) is 11.3 Å². The predicted molar refractivity (Wildman–Crippen MR) is 129 cm³/mol. The molecule has 170 valence electrons. The number of aryl methyl sites for hydroxylation is 1. The lowest BCUT2D eigenvalue weighted by molar-refractivity contribution is -0.132. The number of nitrogens with zero attached hydrogens (tertiary/aromatic N) is 2. The van der Waals surface area contributed by atoms with Crippen LogP contribution in [-0.4, -0.2) is 42.3 Å². The molecule has 3 aromatic heterocycles. The molecule has 1 aliphatic heterocycles. The highest BCUT2D eigenvalue weighted by atomic mass is 32.1. The highest BCUT2D eigenvalue weighted by Crippen LogP contribution is 2.39. The summed E-state index contributed by atoms with van der Waals surface area (Å²) >= 11 is 3.28. The van der Waals surface area contributed by atoms with E-state index >= 15 is 0 Å². The molecule has 1 aliphatic rings. The van der Waals surface area contributed by atoms with E-state index in [4.69, 9.17) is 9.15 Å². The molecule has 0 radical (unpaired) electrons. The third-order valence-electron chi connectivity index (χ3n) is 5.65. The highest BCUT2D eigenvalue weighted by Gasteiger charge is 2.24. The molecule has 1 aromatic carbocycles. The number of nitriles is 1. The van der Waals surface area contributed by atoms with Crippen molar-refractivity contribution in [1.29, 1.82) is 5.26 Å². The molecule has 0 aliphatic carbocycles. The number of oxazole rings is 1. The Kier molecular flexibility index (Phi) is 6.03. The molecule has 5 rings (SSSR count). The molecule has 10 heteroatoms. The average Bonchev–Trinajstić information content (AvgIpc) is 3.35. The summed E-state index contributed by atoms with van der Waals surface area (Å²) in [5.41, 5.74) is 2.35. The van der Waals surface area contributed by atoms with Gasteiger partial charge >= 0.3 is 5.76 Å². The molecule has 1 saturated heterocycles. The number of hydrogen-bond donors (Lipinski definition) is 2. The molecule has 8 nitrogen and oxygen atoms in total. The van der Waals surface area contributed by atoms with E-state index < -0.39 is 12.1 Å². The van der Waals surface area contributed by atoms with Crippen LogP contribution in [0.2, 0.25) is 0 Å². The molecular formula is C23H22N4O4S2. The van der Waals surface area contributed by atoms with Crippen molar-refractivity contribution in [2.45, 2.75) is 25.0 Å². The zero-order valence-electron chi connectivity index (χ0n) is 17.9. The standard InChI is InChI=1S/C23H22N4O4S2/c1-27-16-7-13(3-4-17(16)31-23(27)29)19-10-21-20(33-19)9-15(32-21)8-14(11-24)26-22(28)18-12-25-5-2-6-30-18/h3-4,7,9-10,14,18,25H,2,5-6,8,12H2,1H3,(H,26,28). The van der Waals surface area contributed by atoms with Gasteiger partial charge in [-0.25, -0.2) is 4.79 Å². The molecule has 2 N–H and O–H groups in total. The number of benzene rings is 1. The number of carbonyl (C=O) groups is 1. The lowest BCUT2D eigenvalue weighted by atomic mass is 10.1. The van der Waals surface area contributed by atoms with Gasteiger partial charge in [0, 0.05) is 45.8 Å². The molecule has 4 heterocycles. The molecule has 0 spiro atoms. The van der Waals surface area contributed by atoms with Crippen LogP contribution in [0.15, 0.2) is 39.5 Å². The summed E-state index contributed by atoms with van der Waals surface area (Å²) in [4.78, 5) is 26.4. The van der Waals surface area contributed by atoms with Gasteiger partial charge in [0.05, 0.1) is 11.6 Å². The minimum Gasteiger partial charge on any atom is -0.408 e. The Morgan fingerprint density at radius 3 is 3.00 bits per heavy atom. The lowest BCUT2D eigenvalue weighted by Crippen LogP contribution is -2.46. The summed E-state index contributed by atoms with van der Waals surface area (Å²) in [6, 6.07) is 11.5. The molecule has 4 aromatic rings. The first kappa shape index (κ1) is 21.9. The number of carbonyl (C=O) groups excluding carboxylic acids is 1. The van der Waals surface area contributed by atoms with Crippen LogP contribution in [0.1, 0.15) is 11.3 Å². The maximum absolute atomic E-state index is 12.5. The Morgan fingerprint density at radius 1 is 1.33 bits per heavy atom. The summed E-state index contributed by atoms with van der Waals surface area (Å²) in [5, 5.41) is 15.6. The summed E-state index contributed by atoms with van der Waals surface area (Å²) in [6.45, 7) is 1.82. The second-order valence-electron chi connectivity index (χ2n) is 7.97. The maximum Gasteiger partial charge on any atom is 0.419 e. The van der Waals surface area contributed by atoms with Gasteiger partial charge in [-0.2, -0.15) is 5.26 Å². The van der Waals surface area contributed by atoms with Crippen molar-refractivity contribution in [3.05, 3.63) is 45.8 Å². The molecule has 2 unspecified atom stereocenters. The zero-order chi connectivity index (χ0) is 22.9. The van der Waals surface area contributed by atoms with E-state index in [0.717, 1.165) is 43.2 Å². The van der Waals surface area contributed by atoms with Gasteiger partial charge in [-0.15, -0.1) is 22.7 Å². The van der Waals surface area contributed by atoms with E-state index in [1.165, 1.54) is 4.57 Å². The number of thiophene rings is 2. The Bertz CT molecular complexity index is 1380. The SMILES string of the molecule is Cn1c(=O)oc2ccc(-c3cc4sc(CC(C#N)NC(=O)C5CNCCCO5)cc4s3)cc21. The van der Waals surface area contributed by atoms with Crippen molar-refractivity contribution in [3.63, 3.8) is 0 Å². The van der Waals surface area contributed by atoms with Gasteiger partial charge in [0.25, 0.3) is 5.91 Å². The lowest BCUT2D eigenvalue weighted by Gasteiger charge is -2.17. The molecule has 0 saturated carbocycles. The molecule has 0 bridgehead atoms. The minimum atomic E-state index is -0.610. The molecular weight excluding hydrogens is 460 g/mol. The number of nitrogens with one attached hydrogen (secondary N) is 2. The number of rotatable bonds is 5. The molecule has 1 amide bonds. The van der Waals surface area contributed by atoms with Crippen LogP contribution in [0.3, 0.4) is 0 Å². The smallest absolute Gasteiger partial charge is 0.408 e. The van der Waals surface area contributed by atoms with Gasteiger partial charge in [-0.3, -0.25) is 9.36 Å². The van der Waals surface area contributed by atoms with Gasteiger partial charge in [0.15, 0.2) is 5.58 Å². The first-order chi connectivity index (χ1) is 16.0. The van der Waals surface area contributed by atoms with E-state index in [9.17, 15) is 14.9 Å². The average molecular weight is 483 g/mol. The van der Waals surface area contributed by atoms with Gasteiger partial charge < -0.3 is 19.8 Å². The number of aromatic nitrogens is 1. The first-order valence-corrected chi connectivity index (χ1v) is 12.3. The first-order valence-electron chi connectivity index (χ1n) is 10.7. The fraction of sp³-hybridized carbons (Fsp3) is 0.348. The maximum atomic E-state index is 12.5. The summed E-state index contributed by atoms with van der Waals surface area (Å²) in [5.74, 6) is -0.624. The van der Waals surface area contributed by atoms with Crippen molar-refractivity contribution in [1.82, 2.24) is 15.2 Å². The number of amides is 1. The van der Waals surface area contributed by atoms with Crippen LogP contribution in [0.5, 0.6) is 0 Å². The predicted octanol–water partition coefficient (Wildman–Crippen LogP) is 3.00. The van der Waals surface area contributed by atoms with Gasteiger partial charge in [0.1, 0.15) is 12.1 Å². The van der Waals surface area contributed by atoms with Crippen LogP contribution in [0.4, 0.5) is 0 Å². The molecule has 1 fully saturated rings. The van der Waals surface area contributed by atoms with Crippen LogP contribution in [-0.2, 0) is 23.0 Å². The quantitative estimate of drug-likeness (QED) is 0.453. The topological polar surface area (TPSA) is 109 Å². The Hall–Kier alpha value is -2.97. The summed E-state index contributed by atoms with van der Waals surface area (Å²) in [6.07, 6.45) is 0.755. The second kappa shape index (κ2) is 9.11. The number of hydrogen-bond acceptors (Lipinski definition) is 8. The third-order valence-corrected chi connectivity index (χ3v) is 8.02. The highest BCUT2D eigenvalue weighted by molar-refractivity contribution is 7.29. The van der Waals surface area contributed by atoms with Gasteiger partial charge in [-0.05, 0) is 48.9 Å². The van der Waals surface area contributed by atoms with Crippen molar-refractivity contribution in [2.24, 2.45) is 7.05 Å². The second-order valence-corrected chi connectivity index (χ2v) is 10.2. The summed E-state index contributed by atoms with van der Waals surface area (Å²) in [7, 11) is 1.69. The normalized spacial score (nSPS) is 17.6. The van der Waals surface area contributed by atoms with Gasteiger partial charge in [-0.1, -0.05) is 0 Å². The number of ether oxygens (including phenoxy) is 1. The fourth-order valence-corrected chi connectivity index (χ4v) is 6.35. The Labute approximate surface area is 197 Å². The molecule has 2 atom stereocenters. The van der Waals surface area contributed by atoms with E-state index in [-0.39, 0.29) is 11.7 Å². The Morgan fingerprint density at radius 2 is 2.18 bits per heavy atom. The van der Waals surface area contributed by atoms with Crippen LogP contribution in [0.25, 0.3) is 30.9 Å². The van der Waals surface area contributed by atoms with Crippen molar-refractivity contribution in [2.75, 3.05) is 19.7 Å². The third kappa shape index (κ3) is 4.45. The van der Waals surface area contributed by atoms with Crippen LogP contribution < -0.4 is 16.4 Å². The monoisotopic (exact) mass is 482 g/mol.